The number of hydrogen-bond donors (Lipinski definition) is 0. The molecule has 1 heterocycles. The highest BCUT2D eigenvalue weighted by Gasteiger charge is 2.40. The Morgan fingerprint density at radius 2 is 1.92 bits per heavy atom. The van der Waals surface area contributed by atoms with Gasteiger partial charge < -0.3 is 4.74 Å². The lowest BCUT2D eigenvalue weighted by Gasteiger charge is -1.99. The molecule has 0 bridgehead atoms. The van der Waals surface area contributed by atoms with E-state index in [0.717, 1.165) is 0 Å². The highest BCUT2D eigenvalue weighted by atomic mass is 32.2. The molecule has 0 amide bonds. The average Bonchev–Trinajstić information content (AvgIpc) is 2.66. The van der Waals surface area contributed by atoms with E-state index in [1.807, 2.05) is 0 Å². The summed E-state index contributed by atoms with van der Waals surface area (Å²) in [5.41, 5.74) is 0. The maximum atomic E-state index is 11.3. The third-order valence-corrected chi connectivity index (χ3v) is 3.55. The molecule has 6 heteroatoms. The first kappa shape index (κ1) is 9.97. The zero-order chi connectivity index (χ0) is 10.1. The van der Waals surface area contributed by atoms with Crippen molar-refractivity contribution in [1.29, 1.82) is 10.5 Å². The molecule has 0 aromatic heterocycles. The number of sulfone groups is 1. The summed E-state index contributed by atoms with van der Waals surface area (Å²) in [5, 5.41) is 15.2. The standard InChI is InChI=1S/C7H8N2O3S/c1-5-7(12-5)4-13(10,11)6(2-8)3-9/h5-7H,4H2,1H3. The summed E-state index contributed by atoms with van der Waals surface area (Å²) < 4.78 is 27.4. The van der Waals surface area contributed by atoms with Gasteiger partial charge in [-0.25, -0.2) is 8.42 Å². The summed E-state index contributed by atoms with van der Waals surface area (Å²) in [5.74, 6) is -0.236. The van der Waals surface area contributed by atoms with Gasteiger partial charge in [-0.2, -0.15) is 10.5 Å². The summed E-state index contributed by atoms with van der Waals surface area (Å²) >= 11 is 0. The van der Waals surface area contributed by atoms with Crippen LogP contribution in [0.4, 0.5) is 0 Å². The molecule has 0 aromatic carbocycles. The molecule has 0 spiro atoms. The van der Waals surface area contributed by atoms with Crippen LogP contribution in [0.5, 0.6) is 0 Å². The molecule has 2 atom stereocenters. The number of ether oxygens (including phenoxy) is 1. The zero-order valence-electron chi connectivity index (χ0n) is 6.97. The van der Waals surface area contributed by atoms with Crippen molar-refractivity contribution in [2.24, 2.45) is 0 Å². The van der Waals surface area contributed by atoms with Crippen LogP contribution < -0.4 is 0 Å². The topological polar surface area (TPSA) is 94.2 Å². The van der Waals surface area contributed by atoms with Crippen LogP contribution in [0.25, 0.3) is 0 Å². The minimum atomic E-state index is -3.64. The fourth-order valence-corrected chi connectivity index (χ4v) is 2.24. The zero-order valence-corrected chi connectivity index (χ0v) is 7.78. The number of epoxide rings is 1. The normalized spacial score (nSPS) is 26.5. The summed E-state index contributed by atoms with van der Waals surface area (Å²) in [6, 6.07) is 2.87. The van der Waals surface area contributed by atoms with Gasteiger partial charge in [0.2, 0.25) is 5.25 Å². The molecule has 13 heavy (non-hydrogen) atoms. The van der Waals surface area contributed by atoms with Crippen LogP contribution in [-0.2, 0) is 14.6 Å². The van der Waals surface area contributed by atoms with Crippen molar-refractivity contribution in [2.75, 3.05) is 5.75 Å². The Hall–Kier alpha value is -1.11. The Morgan fingerprint density at radius 3 is 2.23 bits per heavy atom. The Morgan fingerprint density at radius 1 is 1.46 bits per heavy atom. The average molecular weight is 200 g/mol. The maximum Gasteiger partial charge on any atom is 0.233 e. The van der Waals surface area contributed by atoms with E-state index in [9.17, 15) is 8.42 Å². The second-order valence-electron chi connectivity index (χ2n) is 2.85. The van der Waals surface area contributed by atoms with Gasteiger partial charge >= 0.3 is 0 Å². The molecule has 1 rings (SSSR count). The van der Waals surface area contributed by atoms with Crippen molar-refractivity contribution < 1.29 is 13.2 Å². The molecular weight excluding hydrogens is 192 g/mol. The molecule has 70 valence electrons. The van der Waals surface area contributed by atoms with Gasteiger partial charge in [0.05, 0.1) is 30.1 Å². The molecule has 0 N–H and O–H groups in total. The lowest BCUT2D eigenvalue weighted by atomic mass is 10.4. The van der Waals surface area contributed by atoms with Gasteiger partial charge in [0.25, 0.3) is 0 Å². The van der Waals surface area contributed by atoms with Crippen molar-refractivity contribution in [3.63, 3.8) is 0 Å². The number of hydrogen-bond acceptors (Lipinski definition) is 5. The Labute approximate surface area is 76.4 Å². The largest absolute Gasteiger partial charge is 0.369 e. The highest BCUT2D eigenvalue weighted by molar-refractivity contribution is 7.92. The van der Waals surface area contributed by atoms with Crippen molar-refractivity contribution in [2.45, 2.75) is 24.4 Å². The van der Waals surface area contributed by atoms with Crippen LogP contribution in [0, 0.1) is 22.7 Å². The summed E-state index contributed by atoms with van der Waals surface area (Å²) in [6.07, 6.45) is -0.415. The van der Waals surface area contributed by atoms with E-state index in [1.165, 1.54) is 12.1 Å². The molecule has 0 radical (unpaired) electrons. The number of rotatable bonds is 3. The maximum absolute atomic E-state index is 11.3. The van der Waals surface area contributed by atoms with E-state index in [-0.39, 0.29) is 18.0 Å². The summed E-state index contributed by atoms with van der Waals surface area (Å²) in [4.78, 5) is 0. The lowest BCUT2D eigenvalue weighted by Crippen LogP contribution is -2.24. The van der Waals surface area contributed by atoms with Crippen LogP contribution in [0.2, 0.25) is 0 Å². The van der Waals surface area contributed by atoms with Crippen molar-refractivity contribution >= 4 is 9.84 Å². The van der Waals surface area contributed by atoms with E-state index in [1.54, 1.807) is 6.92 Å². The van der Waals surface area contributed by atoms with E-state index < -0.39 is 15.1 Å². The predicted octanol–water partition coefficient (Wildman–Crippen LogP) is -0.396. The van der Waals surface area contributed by atoms with Crippen LogP contribution >= 0.6 is 0 Å². The summed E-state index contributed by atoms with van der Waals surface area (Å²) in [7, 11) is -3.64. The van der Waals surface area contributed by atoms with Gasteiger partial charge in [0.15, 0.2) is 9.84 Å². The predicted molar refractivity (Wildman–Crippen MR) is 43.1 cm³/mol. The Balaban J connectivity index is 2.68. The van der Waals surface area contributed by atoms with Crippen molar-refractivity contribution in [3.8, 4) is 12.1 Å². The van der Waals surface area contributed by atoms with Crippen LogP contribution in [0.1, 0.15) is 6.92 Å². The monoisotopic (exact) mass is 200 g/mol. The first-order valence-electron chi connectivity index (χ1n) is 3.67. The second kappa shape index (κ2) is 3.33. The van der Waals surface area contributed by atoms with Gasteiger partial charge in [-0.05, 0) is 6.92 Å². The number of nitriles is 2. The van der Waals surface area contributed by atoms with Crippen LogP contribution in [0.15, 0.2) is 0 Å². The molecule has 1 aliphatic rings. The first-order chi connectivity index (χ1) is 6.01. The molecule has 5 nitrogen and oxygen atoms in total. The Kier molecular flexibility index (Phi) is 2.55. The van der Waals surface area contributed by atoms with Crippen molar-refractivity contribution in [1.82, 2.24) is 0 Å². The van der Waals surface area contributed by atoms with Gasteiger partial charge in [0, 0.05) is 0 Å². The fraction of sp³-hybridized carbons (Fsp3) is 0.714. The molecule has 1 aliphatic heterocycles. The molecule has 2 unspecified atom stereocenters. The fourth-order valence-electron chi connectivity index (χ4n) is 0.920. The molecule has 1 fully saturated rings. The summed E-state index contributed by atoms with van der Waals surface area (Å²) in [6.45, 7) is 1.74. The first-order valence-corrected chi connectivity index (χ1v) is 5.39. The van der Waals surface area contributed by atoms with Crippen LogP contribution in [-0.4, -0.2) is 31.6 Å². The van der Waals surface area contributed by atoms with Gasteiger partial charge in [-0.3, -0.25) is 0 Å². The SMILES string of the molecule is CC1OC1CS(=O)(=O)C(C#N)C#N. The third-order valence-electron chi connectivity index (χ3n) is 1.83. The smallest absolute Gasteiger partial charge is 0.233 e. The third kappa shape index (κ3) is 2.18. The highest BCUT2D eigenvalue weighted by Crippen LogP contribution is 2.23. The molecular formula is C7H8N2O3S. The molecule has 0 aliphatic carbocycles. The van der Waals surface area contributed by atoms with Gasteiger partial charge in [-0.15, -0.1) is 0 Å². The Bertz CT molecular complexity index is 362. The van der Waals surface area contributed by atoms with E-state index in [2.05, 4.69) is 0 Å². The minimum absolute atomic E-state index is 0.0761. The molecule has 0 saturated carbocycles. The van der Waals surface area contributed by atoms with E-state index >= 15 is 0 Å². The van der Waals surface area contributed by atoms with E-state index in [0.29, 0.717) is 0 Å². The molecule has 0 aromatic rings. The van der Waals surface area contributed by atoms with E-state index in [4.69, 9.17) is 15.3 Å². The quantitative estimate of drug-likeness (QED) is 0.578. The van der Waals surface area contributed by atoms with Crippen molar-refractivity contribution in [3.05, 3.63) is 0 Å². The van der Waals surface area contributed by atoms with Gasteiger partial charge in [-0.1, -0.05) is 0 Å². The minimum Gasteiger partial charge on any atom is -0.369 e. The second-order valence-corrected chi connectivity index (χ2v) is 4.98. The number of nitrogens with zero attached hydrogens (tertiary/aromatic N) is 2. The van der Waals surface area contributed by atoms with Gasteiger partial charge in [0.1, 0.15) is 0 Å². The van der Waals surface area contributed by atoms with Crippen LogP contribution in [0.3, 0.4) is 0 Å². The lowest BCUT2D eigenvalue weighted by molar-refractivity contribution is 0.388. The molecule has 1 saturated heterocycles.